The zero-order valence-corrected chi connectivity index (χ0v) is 8.92. The largest absolute Gasteiger partial charge is 0.437 e. The first kappa shape index (κ1) is 10.6. The summed E-state index contributed by atoms with van der Waals surface area (Å²) < 4.78 is 11.0. The Morgan fingerprint density at radius 2 is 2.12 bits per heavy atom. The summed E-state index contributed by atoms with van der Waals surface area (Å²) in [7, 11) is 1.52. The van der Waals surface area contributed by atoms with Gasteiger partial charge in [-0.15, -0.1) is 5.10 Å². The fraction of sp³-hybridized carbons (Fsp3) is 0.273. The molecule has 0 saturated carbocycles. The van der Waals surface area contributed by atoms with Gasteiger partial charge >= 0.3 is 5.76 Å². The Labute approximate surface area is 92.3 Å². The van der Waals surface area contributed by atoms with E-state index in [-0.39, 0.29) is 6.61 Å². The Morgan fingerprint density at radius 1 is 1.38 bits per heavy atom. The van der Waals surface area contributed by atoms with E-state index < -0.39 is 5.76 Å². The van der Waals surface area contributed by atoms with Crippen LogP contribution in [-0.4, -0.2) is 16.9 Å². The quantitative estimate of drug-likeness (QED) is 0.772. The molecule has 5 nitrogen and oxygen atoms in total. The smallest absolute Gasteiger partial charge is 0.390 e. The molecule has 0 amide bonds. The maximum absolute atomic E-state index is 11.4. The van der Waals surface area contributed by atoms with Crippen LogP contribution < -0.4 is 5.76 Å². The van der Waals surface area contributed by atoms with Crippen LogP contribution in [0.4, 0.5) is 0 Å². The van der Waals surface area contributed by atoms with Crippen molar-refractivity contribution < 1.29 is 9.15 Å². The lowest BCUT2D eigenvalue weighted by atomic mass is 10.2. The summed E-state index contributed by atoms with van der Waals surface area (Å²) in [6.07, 6.45) is 0. The summed E-state index contributed by atoms with van der Waals surface area (Å²) in [5.41, 5.74) is 1.00. The Kier molecular flexibility index (Phi) is 3.16. The minimum atomic E-state index is -0.462. The molecule has 0 unspecified atom stereocenters. The van der Waals surface area contributed by atoms with Gasteiger partial charge in [-0.2, -0.15) is 4.68 Å². The number of nitrogens with zero attached hydrogens (tertiary/aromatic N) is 2. The standard InChI is InChI=1S/C11H12N2O3/c1-15-8-10-12-13(11(14)16-10)7-9-5-3-2-4-6-9/h2-6H,7-8H2,1H3. The fourth-order valence-electron chi connectivity index (χ4n) is 1.39. The minimum Gasteiger partial charge on any atom is -0.390 e. The van der Waals surface area contributed by atoms with Crippen LogP contribution in [0.15, 0.2) is 39.5 Å². The SMILES string of the molecule is COCc1nn(Cc2ccccc2)c(=O)o1. The number of hydrogen-bond acceptors (Lipinski definition) is 4. The van der Waals surface area contributed by atoms with Crippen molar-refractivity contribution in [3.63, 3.8) is 0 Å². The molecule has 1 aromatic heterocycles. The zero-order valence-electron chi connectivity index (χ0n) is 8.92. The van der Waals surface area contributed by atoms with Gasteiger partial charge in [0.1, 0.15) is 6.61 Å². The first-order valence-corrected chi connectivity index (χ1v) is 4.89. The van der Waals surface area contributed by atoms with Gasteiger partial charge in [-0.25, -0.2) is 4.79 Å². The van der Waals surface area contributed by atoms with E-state index in [2.05, 4.69) is 5.10 Å². The van der Waals surface area contributed by atoms with Crippen molar-refractivity contribution in [3.8, 4) is 0 Å². The van der Waals surface area contributed by atoms with E-state index in [0.29, 0.717) is 12.4 Å². The van der Waals surface area contributed by atoms with Gasteiger partial charge in [0.25, 0.3) is 0 Å². The Bertz CT molecular complexity index is 501. The summed E-state index contributed by atoms with van der Waals surface area (Å²) >= 11 is 0. The lowest BCUT2D eigenvalue weighted by Crippen LogP contribution is -2.16. The monoisotopic (exact) mass is 220 g/mol. The number of rotatable bonds is 4. The molecule has 84 valence electrons. The molecule has 5 heteroatoms. The highest BCUT2D eigenvalue weighted by Gasteiger charge is 2.07. The van der Waals surface area contributed by atoms with Crippen LogP contribution in [0.3, 0.4) is 0 Å². The summed E-state index contributed by atoms with van der Waals surface area (Å²) in [6, 6.07) is 9.60. The van der Waals surface area contributed by atoms with Gasteiger partial charge in [-0.3, -0.25) is 0 Å². The van der Waals surface area contributed by atoms with E-state index in [0.717, 1.165) is 5.56 Å². The molecule has 16 heavy (non-hydrogen) atoms. The topological polar surface area (TPSA) is 57.3 Å². The second kappa shape index (κ2) is 4.76. The molecule has 2 aromatic rings. The number of aromatic nitrogens is 2. The van der Waals surface area contributed by atoms with Gasteiger partial charge < -0.3 is 9.15 Å². The van der Waals surface area contributed by atoms with Crippen molar-refractivity contribution in [2.45, 2.75) is 13.2 Å². The number of methoxy groups -OCH3 is 1. The second-order valence-electron chi connectivity index (χ2n) is 3.34. The van der Waals surface area contributed by atoms with Crippen molar-refractivity contribution in [3.05, 3.63) is 52.3 Å². The molecule has 0 spiro atoms. The van der Waals surface area contributed by atoms with Gasteiger partial charge in [-0.1, -0.05) is 30.3 Å². The molecule has 1 heterocycles. The number of ether oxygens (including phenoxy) is 1. The minimum absolute atomic E-state index is 0.205. The zero-order chi connectivity index (χ0) is 11.4. The van der Waals surface area contributed by atoms with Crippen LogP contribution in [0, 0.1) is 0 Å². The molecule has 1 aromatic carbocycles. The van der Waals surface area contributed by atoms with Crippen molar-refractivity contribution in [1.29, 1.82) is 0 Å². The van der Waals surface area contributed by atoms with Gasteiger partial charge in [0, 0.05) is 7.11 Å². The predicted octanol–water partition coefficient (Wildman–Crippen LogP) is 1.03. The average molecular weight is 220 g/mol. The molecule has 0 fully saturated rings. The highest BCUT2D eigenvalue weighted by molar-refractivity contribution is 5.14. The van der Waals surface area contributed by atoms with Crippen LogP contribution >= 0.6 is 0 Å². The molecule has 0 atom stereocenters. The number of benzene rings is 1. The van der Waals surface area contributed by atoms with Crippen molar-refractivity contribution in [2.75, 3.05) is 7.11 Å². The number of hydrogen-bond donors (Lipinski definition) is 0. The molecule has 0 radical (unpaired) electrons. The first-order chi connectivity index (χ1) is 7.79. The van der Waals surface area contributed by atoms with E-state index in [1.165, 1.54) is 11.8 Å². The highest BCUT2D eigenvalue weighted by atomic mass is 16.5. The van der Waals surface area contributed by atoms with Gasteiger partial charge in [0.05, 0.1) is 6.54 Å². The van der Waals surface area contributed by atoms with E-state index in [4.69, 9.17) is 9.15 Å². The Morgan fingerprint density at radius 3 is 2.81 bits per heavy atom. The molecule has 0 aliphatic carbocycles. The molecule has 2 rings (SSSR count). The van der Waals surface area contributed by atoms with Crippen molar-refractivity contribution >= 4 is 0 Å². The summed E-state index contributed by atoms with van der Waals surface area (Å²) in [4.78, 5) is 11.4. The molecule has 0 saturated heterocycles. The highest BCUT2D eigenvalue weighted by Crippen LogP contribution is 2.00. The third kappa shape index (κ3) is 2.38. The maximum atomic E-state index is 11.4. The van der Waals surface area contributed by atoms with Gasteiger partial charge in [0.15, 0.2) is 0 Å². The molecule has 0 aliphatic rings. The fourth-order valence-corrected chi connectivity index (χ4v) is 1.39. The molecule has 0 N–H and O–H groups in total. The normalized spacial score (nSPS) is 10.6. The molecule has 0 bridgehead atoms. The van der Waals surface area contributed by atoms with E-state index >= 15 is 0 Å². The Hall–Kier alpha value is -1.88. The average Bonchev–Trinajstić information content (AvgIpc) is 2.61. The van der Waals surface area contributed by atoms with Crippen LogP contribution in [0.25, 0.3) is 0 Å². The predicted molar refractivity (Wildman–Crippen MR) is 57.0 cm³/mol. The summed E-state index contributed by atoms with van der Waals surface area (Å²) in [6.45, 7) is 0.615. The third-order valence-corrected chi connectivity index (χ3v) is 2.09. The van der Waals surface area contributed by atoms with Crippen LogP contribution in [0.1, 0.15) is 11.5 Å². The van der Waals surface area contributed by atoms with E-state index in [1.54, 1.807) is 0 Å². The maximum Gasteiger partial charge on any atom is 0.437 e. The third-order valence-electron chi connectivity index (χ3n) is 2.09. The lowest BCUT2D eigenvalue weighted by Gasteiger charge is -1.97. The van der Waals surface area contributed by atoms with Crippen molar-refractivity contribution in [1.82, 2.24) is 9.78 Å². The molecular weight excluding hydrogens is 208 g/mol. The summed E-state index contributed by atoms with van der Waals surface area (Å²) in [5.74, 6) is -0.167. The van der Waals surface area contributed by atoms with Gasteiger partial charge in [-0.05, 0) is 5.56 Å². The van der Waals surface area contributed by atoms with Crippen LogP contribution in [0.2, 0.25) is 0 Å². The van der Waals surface area contributed by atoms with Crippen LogP contribution in [-0.2, 0) is 17.9 Å². The van der Waals surface area contributed by atoms with E-state index in [9.17, 15) is 4.79 Å². The molecular formula is C11H12N2O3. The van der Waals surface area contributed by atoms with Crippen LogP contribution in [0.5, 0.6) is 0 Å². The Balaban J connectivity index is 2.19. The van der Waals surface area contributed by atoms with Gasteiger partial charge in [0.2, 0.25) is 5.89 Å². The lowest BCUT2D eigenvalue weighted by molar-refractivity contribution is 0.158. The second-order valence-corrected chi connectivity index (χ2v) is 3.34. The van der Waals surface area contributed by atoms with Crippen molar-refractivity contribution in [2.24, 2.45) is 0 Å². The summed E-state index contributed by atoms with van der Waals surface area (Å²) in [5, 5.41) is 4.01. The van der Waals surface area contributed by atoms with E-state index in [1.807, 2.05) is 30.3 Å². The first-order valence-electron chi connectivity index (χ1n) is 4.89. The molecule has 0 aliphatic heterocycles.